The van der Waals surface area contributed by atoms with Crippen LogP contribution in [-0.2, 0) is 0 Å². The highest BCUT2D eigenvalue weighted by Crippen LogP contribution is 2.42. The second kappa shape index (κ2) is 5.43. The van der Waals surface area contributed by atoms with Gasteiger partial charge in [0.25, 0.3) is 0 Å². The molecule has 0 aromatic heterocycles. The molecule has 0 saturated carbocycles. The van der Waals surface area contributed by atoms with Crippen molar-refractivity contribution >= 4 is 69.3 Å². The molecule has 0 atom stereocenters. The molecule has 0 fully saturated rings. The van der Waals surface area contributed by atoms with Crippen molar-refractivity contribution in [1.82, 2.24) is 0 Å². The van der Waals surface area contributed by atoms with E-state index in [1.807, 2.05) is 0 Å². The molecular weight excluding hydrogens is 444 g/mol. The van der Waals surface area contributed by atoms with Gasteiger partial charge in [0.2, 0.25) is 0 Å². The van der Waals surface area contributed by atoms with Gasteiger partial charge in [0.15, 0.2) is 0 Å². The molecule has 0 heterocycles. The Balaban J connectivity index is 2.63. The Labute approximate surface area is 143 Å². The molecule has 0 saturated heterocycles. The van der Waals surface area contributed by atoms with Crippen LogP contribution >= 0.6 is 47.8 Å². The zero-order valence-electron chi connectivity index (χ0n) is 11.2. The van der Waals surface area contributed by atoms with Crippen LogP contribution in [0.15, 0.2) is 49.8 Å². The Morgan fingerprint density at radius 1 is 0.750 bits per heavy atom. The first-order valence-corrected chi connectivity index (χ1v) is 8.87. The van der Waals surface area contributed by atoms with Crippen molar-refractivity contribution in [2.75, 3.05) is 0 Å². The summed E-state index contributed by atoms with van der Waals surface area (Å²) in [7, 11) is 0. The van der Waals surface area contributed by atoms with Gasteiger partial charge in [0.05, 0.1) is 0 Å². The maximum absolute atomic E-state index is 3.79. The van der Waals surface area contributed by atoms with Gasteiger partial charge in [-0.3, -0.25) is 0 Å². The van der Waals surface area contributed by atoms with Crippen LogP contribution in [0.4, 0.5) is 0 Å². The summed E-state index contributed by atoms with van der Waals surface area (Å²) < 4.78 is 3.34. The highest BCUT2D eigenvalue weighted by molar-refractivity contribution is 9.13. The Morgan fingerprint density at radius 3 is 1.90 bits per heavy atom. The molecule has 0 N–H and O–H groups in total. The molecule has 0 unspecified atom stereocenters. The molecule has 3 aromatic rings. The van der Waals surface area contributed by atoms with E-state index in [9.17, 15) is 0 Å². The van der Waals surface area contributed by atoms with Crippen LogP contribution in [0.1, 0.15) is 25.3 Å². The van der Waals surface area contributed by atoms with Gasteiger partial charge in [-0.2, -0.15) is 0 Å². The SMILES string of the molecule is CC(C)c1c2ccccc2c(Br)c2cc(Br)c(Br)cc12. The second-order valence-corrected chi connectivity index (χ2v) is 7.74. The number of fused-ring (bicyclic) bond motifs is 2. The highest BCUT2D eigenvalue weighted by Gasteiger charge is 2.15. The first-order chi connectivity index (χ1) is 9.50. The van der Waals surface area contributed by atoms with Gasteiger partial charge in [-0.15, -0.1) is 0 Å². The Hall–Kier alpha value is -0.380. The van der Waals surface area contributed by atoms with E-state index >= 15 is 0 Å². The van der Waals surface area contributed by atoms with Gasteiger partial charge in [-0.1, -0.05) is 38.1 Å². The van der Waals surface area contributed by atoms with Crippen LogP contribution in [0.5, 0.6) is 0 Å². The van der Waals surface area contributed by atoms with Gasteiger partial charge >= 0.3 is 0 Å². The smallest absolute Gasteiger partial charge is 0.0332 e. The van der Waals surface area contributed by atoms with E-state index in [1.54, 1.807) is 0 Å². The van der Waals surface area contributed by atoms with Gasteiger partial charge in [0, 0.05) is 13.4 Å². The van der Waals surface area contributed by atoms with Crippen LogP contribution in [-0.4, -0.2) is 0 Å². The number of hydrogen-bond donors (Lipinski definition) is 0. The van der Waals surface area contributed by atoms with Crippen molar-refractivity contribution in [3.8, 4) is 0 Å². The van der Waals surface area contributed by atoms with E-state index in [1.165, 1.54) is 31.6 Å². The van der Waals surface area contributed by atoms with E-state index in [4.69, 9.17) is 0 Å². The number of benzene rings is 3. The van der Waals surface area contributed by atoms with E-state index in [0.29, 0.717) is 5.92 Å². The Kier molecular flexibility index (Phi) is 3.95. The van der Waals surface area contributed by atoms with Crippen molar-refractivity contribution in [1.29, 1.82) is 0 Å². The molecule has 0 amide bonds. The summed E-state index contributed by atoms with van der Waals surface area (Å²) in [5.74, 6) is 0.476. The predicted molar refractivity (Wildman–Crippen MR) is 98.6 cm³/mol. The fourth-order valence-corrected chi connectivity index (χ4v) is 4.13. The minimum absolute atomic E-state index is 0.476. The van der Waals surface area contributed by atoms with Crippen molar-refractivity contribution in [3.05, 3.63) is 55.4 Å². The molecule has 3 rings (SSSR count). The first-order valence-electron chi connectivity index (χ1n) is 6.49. The van der Waals surface area contributed by atoms with Gasteiger partial charge < -0.3 is 0 Å². The number of hydrogen-bond acceptors (Lipinski definition) is 0. The number of halogens is 3. The van der Waals surface area contributed by atoms with E-state index in [2.05, 4.69) is 98.0 Å². The maximum atomic E-state index is 3.79. The maximum Gasteiger partial charge on any atom is 0.0332 e. The molecule has 0 nitrogen and oxygen atoms in total. The lowest BCUT2D eigenvalue weighted by Gasteiger charge is -2.17. The summed E-state index contributed by atoms with van der Waals surface area (Å²) >= 11 is 11.0. The van der Waals surface area contributed by atoms with Crippen LogP contribution in [0.2, 0.25) is 0 Å². The fourth-order valence-electron chi connectivity index (χ4n) is 2.77. The topological polar surface area (TPSA) is 0 Å². The molecule has 0 aliphatic carbocycles. The van der Waals surface area contributed by atoms with Crippen molar-refractivity contribution in [2.45, 2.75) is 19.8 Å². The quantitative estimate of drug-likeness (QED) is 0.334. The molecule has 3 aromatic carbocycles. The molecule has 0 bridgehead atoms. The highest BCUT2D eigenvalue weighted by atomic mass is 79.9. The van der Waals surface area contributed by atoms with Crippen LogP contribution in [0.25, 0.3) is 21.5 Å². The zero-order valence-corrected chi connectivity index (χ0v) is 15.9. The summed E-state index contributed by atoms with van der Waals surface area (Å²) in [6, 6.07) is 13.0. The van der Waals surface area contributed by atoms with Crippen molar-refractivity contribution in [3.63, 3.8) is 0 Å². The monoisotopic (exact) mass is 454 g/mol. The van der Waals surface area contributed by atoms with Gasteiger partial charge in [0.1, 0.15) is 0 Å². The average molecular weight is 457 g/mol. The molecule has 3 heteroatoms. The largest absolute Gasteiger partial charge is 0.0616 e. The standard InChI is InChI=1S/C17H13Br3/c1-9(2)16-10-5-3-4-6-11(10)17(20)13-8-15(19)14(18)7-12(13)16/h3-9H,1-2H3. The van der Waals surface area contributed by atoms with Crippen LogP contribution in [0.3, 0.4) is 0 Å². The minimum atomic E-state index is 0.476. The van der Waals surface area contributed by atoms with Crippen molar-refractivity contribution < 1.29 is 0 Å². The minimum Gasteiger partial charge on any atom is -0.0616 e. The molecule has 102 valence electrons. The van der Waals surface area contributed by atoms with Gasteiger partial charge in [-0.25, -0.2) is 0 Å². The molecule has 0 aliphatic heterocycles. The lowest BCUT2D eigenvalue weighted by Crippen LogP contribution is -1.94. The van der Waals surface area contributed by atoms with E-state index in [-0.39, 0.29) is 0 Å². The molecule has 0 radical (unpaired) electrons. The zero-order chi connectivity index (χ0) is 14.4. The first kappa shape index (κ1) is 14.6. The normalized spacial score (nSPS) is 11.7. The number of rotatable bonds is 1. The van der Waals surface area contributed by atoms with E-state index in [0.717, 1.165) is 8.95 Å². The molecule has 0 spiro atoms. The second-order valence-electron chi connectivity index (χ2n) is 5.24. The van der Waals surface area contributed by atoms with Crippen LogP contribution in [0, 0.1) is 0 Å². The molecule has 20 heavy (non-hydrogen) atoms. The van der Waals surface area contributed by atoms with Gasteiger partial charge in [-0.05, 0) is 92.9 Å². The third-order valence-electron chi connectivity index (χ3n) is 3.62. The van der Waals surface area contributed by atoms with Crippen molar-refractivity contribution in [2.24, 2.45) is 0 Å². The van der Waals surface area contributed by atoms with Crippen LogP contribution < -0.4 is 0 Å². The van der Waals surface area contributed by atoms with E-state index < -0.39 is 0 Å². The summed E-state index contributed by atoms with van der Waals surface area (Å²) in [5, 5.41) is 5.16. The lowest BCUT2D eigenvalue weighted by atomic mass is 9.90. The molecular formula is C17H13Br3. The summed E-state index contributed by atoms with van der Waals surface area (Å²) in [4.78, 5) is 0. The summed E-state index contributed by atoms with van der Waals surface area (Å²) in [5.41, 5.74) is 1.41. The Morgan fingerprint density at radius 2 is 1.30 bits per heavy atom. The Bertz CT molecular complexity index is 819. The molecule has 0 aliphatic rings. The lowest BCUT2D eigenvalue weighted by molar-refractivity contribution is 0.885. The third kappa shape index (κ3) is 2.24. The third-order valence-corrected chi connectivity index (χ3v) is 6.32. The average Bonchev–Trinajstić information content (AvgIpc) is 2.41. The summed E-state index contributed by atoms with van der Waals surface area (Å²) in [6.07, 6.45) is 0. The fraction of sp³-hybridized carbons (Fsp3) is 0.176. The summed E-state index contributed by atoms with van der Waals surface area (Å²) in [6.45, 7) is 4.51. The predicted octanol–water partition coefficient (Wildman–Crippen LogP) is 7.40.